The molecule has 0 aromatic rings. The summed E-state index contributed by atoms with van der Waals surface area (Å²) in [6.45, 7) is 0. The fourth-order valence-corrected chi connectivity index (χ4v) is 4.77. The fraction of sp³-hybridized carbons (Fsp3) is 0.909. The Kier molecular flexibility index (Phi) is 7.36. The van der Waals surface area contributed by atoms with Gasteiger partial charge in [-0.1, -0.05) is 47.3 Å². The molecule has 1 heterocycles. The maximum absolute atomic E-state index is 10.3. The molecule has 0 radical (unpaired) electrons. The van der Waals surface area contributed by atoms with Crippen LogP contribution in [0.3, 0.4) is 0 Å². The van der Waals surface area contributed by atoms with Crippen molar-refractivity contribution in [1.82, 2.24) is 0 Å². The van der Waals surface area contributed by atoms with Crippen LogP contribution in [0.4, 0.5) is 0 Å². The van der Waals surface area contributed by atoms with Gasteiger partial charge in [0.05, 0.1) is 0 Å². The second kappa shape index (κ2) is 8.34. The van der Waals surface area contributed by atoms with E-state index in [4.69, 9.17) is 5.11 Å². The van der Waals surface area contributed by atoms with Crippen LogP contribution in [0.2, 0.25) is 0 Å². The molecule has 0 spiro atoms. The third-order valence-electron chi connectivity index (χ3n) is 2.64. The van der Waals surface area contributed by atoms with Gasteiger partial charge in [-0.15, -0.1) is 0 Å². The molecule has 1 N–H and O–H groups in total. The molecule has 0 bridgehead atoms. The highest BCUT2D eigenvalue weighted by Gasteiger charge is 2.15. The summed E-state index contributed by atoms with van der Waals surface area (Å²) in [4.78, 5) is 10.3. The molecule has 15 heavy (non-hydrogen) atoms. The van der Waals surface area contributed by atoms with Gasteiger partial charge < -0.3 is 5.11 Å². The van der Waals surface area contributed by atoms with Crippen LogP contribution >= 0.6 is 21.6 Å². The molecule has 1 saturated heterocycles. The average Bonchev–Trinajstić information content (AvgIpc) is 2.68. The number of unbranched alkanes of at least 4 members (excludes halogenated alkanes) is 4. The van der Waals surface area contributed by atoms with Crippen molar-refractivity contribution in [3.8, 4) is 0 Å². The summed E-state index contributed by atoms with van der Waals surface area (Å²) in [6, 6.07) is 0. The summed E-state index contributed by atoms with van der Waals surface area (Å²) in [5, 5.41) is 9.35. The van der Waals surface area contributed by atoms with E-state index in [0.717, 1.165) is 18.1 Å². The van der Waals surface area contributed by atoms with Crippen molar-refractivity contribution in [2.75, 3.05) is 5.75 Å². The van der Waals surface area contributed by atoms with Gasteiger partial charge in [-0.25, -0.2) is 0 Å². The second-order valence-electron chi connectivity index (χ2n) is 4.03. The molecule has 1 unspecified atom stereocenters. The quantitative estimate of drug-likeness (QED) is 0.521. The molecule has 0 aromatic heterocycles. The van der Waals surface area contributed by atoms with Crippen molar-refractivity contribution in [3.05, 3.63) is 0 Å². The molecule has 88 valence electrons. The van der Waals surface area contributed by atoms with E-state index in [2.05, 4.69) is 10.8 Å². The van der Waals surface area contributed by atoms with Gasteiger partial charge in [0.1, 0.15) is 0 Å². The second-order valence-corrected chi connectivity index (χ2v) is 6.82. The van der Waals surface area contributed by atoms with Crippen molar-refractivity contribution >= 4 is 27.6 Å². The summed E-state index contributed by atoms with van der Waals surface area (Å²) in [6.07, 6.45) is 8.83. The Morgan fingerprint density at radius 1 is 1.20 bits per heavy atom. The maximum Gasteiger partial charge on any atom is 0.303 e. The van der Waals surface area contributed by atoms with E-state index in [1.807, 2.05) is 10.8 Å². The lowest BCUT2D eigenvalue weighted by atomic mass is 10.1. The zero-order valence-corrected chi connectivity index (χ0v) is 10.7. The van der Waals surface area contributed by atoms with Gasteiger partial charge in [-0.2, -0.15) is 0 Å². The van der Waals surface area contributed by atoms with Crippen molar-refractivity contribution in [2.45, 2.75) is 56.6 Å². The molecule has 1 aliphatic rings. The minimum atomic E-state index is -0.658. The standard InChI is InChI=1S/C11H20O2S2/c12-11(13)7-5-3-1-2-4-6-10-8-9-14-15-10/h10H,1-9H2,(H,12,13). The first kappa shape index (κ1) is 13.2. The summed E-state index contributed by atoms with van der Waals surface area (Å²) in [5.41, 5.74) is 0. The highest BCUT2D eigenvalue weighted by Crippen LogP contribution is 2.39. The van der Waals surface area contributed by atoms with Gasteiger partial charge in [-0.05, 0) is 19.3 Å². The smallest absolute Gasteiger partial charge is 0.303 e. The molecular formula is C11H20O2S2. The minimum Gasteiger partial charge on any atom is -0.481 e. The van der Waals surface area contributed by atoms with Gasteiger partial charge in [0, 0.05) is 17.4 Å². The normalized spacial score (nSPS) is 20.7. The van der Waals surface area contributed by atoms with Crippen LogP contribution in [0, 0.1) is 0 Å². The van der Waals surface area contributed by atoms with Crippen LogP contribution in [-0.2, 0) is 4.79 Å². The van der Waals surface area contributed by atoms with E-state index < -0.39 is 5.97 Å². The Morgan fingerprint density at radius 2 is 1.93 bits per heavy atom. The highest BCUT2D eigenvalue weighted by molar-refractivity contribution is 8.77. The minimum absolute atomic E-state index is 0.342. The lowest BCUT2D eigenvalue weighted by molar-refractivity contribution is -0.137. The monoisotopic (exact) mass is 248 g/mol. The number of carboxylic acid groups (broad SMARTS) is 1. The van der Waals surface area contributed by atoms with E-state index in [-0.39, 0.29) is 0 Å². The van der Waals surface area contributed by atoms with Crippen molar-refractivity contribution in [2.24, 2.45) is 0 Å². The predicted molar refractivity (Wildman–Crippen MR) is 68.4 cm³/mol. The van der Waals surface area contributed by atoms with Crippen LogP contribution in [0.15, 0.2) is 0 Å². The van der Waals surface area contributed by atoms with Gasteiger partial charge in [0.25, 0.3) is 0 Å². The SMILES string of the molecule is O=C(O)CCCCCCCC1CCSS1. The average molecular weight is 248 g/mol. The molecule has 1 fully saturated rings. The molecular weight excluding hydrogens is 228 g/mol. The first-order chi connectivity index (χ1) is 7.29. The number of carboxylic acids is 1. The summed E-state index contributed by atoms with van der Waals surface area (Å²) in [5.74, 6) is 0.669. The number of hydrogen-bond donors (Lipinski definition) is 1. The van der Waals surface area contributed by atoms with E-state index in [9.17, 15) is 4.79 Å². The Morgan fingerprint density at radius 3 is 2.60 bits per heavy atom. The van der Waals surface area contributed by atoms with E-state index in [0.29, 0.717) is 6.42 Å². The van der Waals surface area contributed by atoms with Gasteiger partial charge >= 0.3 is 5.97 Å². The largest absolute Gasteiger partial charge is 0.481 e. The van der Waals surface area contributed by atoms with Gasteiger partial charge in [0.15, 0.2) is 0 Å². The number of rotatable bonds is 8. The first-order valence-electron chi connectivity index (χ1n) is 5.79. The Hall–Kier alpha value is 0.170. The zero-order valence-electron chi connectivity index (χ0n) is 9.11. The molecule has 0 saturated carbocycles. The van der Waals surface area contributed by atoms with E-state index >= 15 is 0 Å². The van der Waals surface area contributed by atoms with Crippen LogP contribution < -0.4 is 0 Å². The van der Waals surface area contributed by atoms with E-state index in [1.54, 1.807) is 0 Å². The molecule has 0 aliphatic carbocycles. The van der Waals surface area contributed by atoms with Gasteiger partial charge in [-0.3, -0.25) is 4.79 Å². The third-order valence-corrected chi connectivity index (χ3v) is 5.65. The zero-order chi connectivity index (χ0) is 10.9. The Bertz CT molecular complexity index is 179. The molecule has 0 aromatic carbocycles. The molecule has 2 nitrogen and oxygen atoms in total. The highest BCUT2D eigenvalue weighted by atomic mass is 33.1. The van der Waals surface area contributed by atoms with Crippen molar-refractivity contribution < 1.29 is 9.90 Å². The molecule has 1 atom stereocenters. The van der Waals surface area contributed by atoms with Crippen LogP contribution in [0.1, 0.15) is 51.4 Å². The van der Waals surface area contributed by atoms with E-state index in [1.165, 1.54) is 37.9 Å². The Labute approximate surface area is 100.0 Å². The van der Waals surface area contributed by atoms with Crippen molar-refractivity contribution in [1.29, 1.82) is 0 Å². The predicted octanol–water partition coefficient (Wildman–Crippen LogP) is 3.96. The van der Waals surface area contributed by atoms with Crippen LogP contribution in [0.5, 0.6) is 0 Å². The number of aliphatic carboxylic acids is 1. The Balaban J connectivity index is 1.78. The third kappa shape index (κ3) is 7.12. The van der Waals surface area contributed by atoms with Crippen LogP contribution in [0.25, 0.3) is 0 Å². The first-order valence-corrected chi connectivity index (χ1v) is 8.17. The molecule has 1 aliphatic heterocycles. The lowest BCUT2D eigenvalue weighted by Crippen LogP contribution is -1.97. The molecule has 4 heteroatoms. The summed E-state index contributed by atoms with van der Waals surface area (Å²) in [7, 11) is 4.06. The molecule has 0 amide bonds. The number of carbonyl (C=O) groups is 1. The topological polar surface area (TPSA) is 37.3 Å². The van der Waals surface area contributed by atoms with Crippen molar-refractivity contribution in [3.63, 3.8) is 0 Å². The summed E-state index contributed by atoms with van der Waals surface area (Å²) < 4.78 is 0. The number of hydrogen-bond acceptors (Lipinski definition) is 3. The summed E-state index contributed by atoms with van der Waals surface area (Å²) >= 11 is 0. The lowest BCUT2D eigenvalue weighted by Gasteiger charge is -2.06. The molecule has 1 rings (SSSR count). The fourth-order valence-electron chi connectivity index (χ4n) is 1.74. The maximum atomic E-state index is 10.3. The van der Waals surface area contributed by atoms with Gasteiger partial charge in [0.2, 0.25) is 0 Å². The van der Waals surface area contributed by atoms with Crippen LogP contribution in [-0.4, -0.2) is 22.1 Å².